The molecule has 36 heavy (non-hydrogen) atoms. The molecule has 2 saturated carbocycles. The molecule has 7 atom stereocenters. The van der Waals surface area contributed by atoms with Crippen molar-refractivity contribution in [2.45, 2.75) is 25.1 Å². The summed E-state index contributed by atoms with van der Waals surface area (Å²) < 4.78 is 39.8. The molecule has 1 N–H and O–H groups in total. The Bertz CT molecular complexity index is 1260. The molecular weight excluding hydrogens is 493 g/mol. The summed E-state index contributed by atoms with van der Waals surface area (Å²) in [4.78, 5) is 41.9. The number of nitrogens with one attached hydrogen (secondary N) is 1. The van der Waals surface area contributed by atoms with Gasteiger partial charge in [-0.25, -0.2) is 0 Å². The second-order valence-corrected chi connectivity index (χ2v) is 10.5. The van der Waals surface area contributed by atoms with E-state index in [1.165, 1.54) is 0 Å². The van der Waals surface area contributed by atoms with Crippen molar-refractivity contribution in [1.82, 2.24) is 4.90 Å². The number of carbonyl (C=O) groups excluding carboxylic acids is 3. The third-order valence-corrected chi connectivity index (χ3v) is 8.46. The first kappa shape index (κ1) is 23.3. The molecule has 186 valence electrons. The number of nitrogens with zero attached hydrogens (tertiary/aromatic N) is 1. The van der Waals surface area contributed by atoms with Gasteiger partial charge in [0.15, 0.2) is 0 Å². The summed E-state index contributed by atoms with van der Waals surface area (Å²) in [5, 5.41) is 2.39. The van der Waals surface area contributed by atoms with E-state index in [0.717, 1.165) is 29.5 Å². The normalized spacial score (nSPS) is 30.7. The lowest BCUT2D eigenvalue weighted by molar-refractivity contribution is -0.146. The fourth-order valence-corrected chi connectivity index (χ4v) is 6.60. The Morgan fingerprint density at radius 3 is 2.19 bits per heavy atom. The molecule has 2 aromatic carbocycles. The van der Waals surface area contributed by atoms with Crippen molar-refractivity contribution in [3.63, 3.8) is 0 Å². The van der Waals surface area contributed by atoms with Crippen molar-refractivity contribution in [3.8, 4) is 0 Å². The fraction of sp³-hybridized carbons (Fsp3) is 0.370. The molecule has 0 radical (unpaired) electrons. The standard InChI is InChI=1S/C27H22ClF3N2O3/c28-19-9-6-14(27(29,30)31)11-20(19)32-24(34)21(10-13-4-2-1-3-5-13)33-25(35)22-15-7-8-16(18-12-17(15)18)23(22)26(33)36/h1-9,11,15-18,21-23H,10,12H2,(H,32,34)/t15-,16-,17-,18+,21-,22+,23+/m1/s1. The van der Waals surface area contributed by atoms with Crippen LogP contribution < -0.4 is 5.32 Å². The lowest BCUT2D eigenvalue weighted by Crippen LogP contribution is -2.49. The Labute approximate surface area is 210 Å². The average Bonchev–Trinajstić information content (AvgIpc) is 3.62. The zero-order chi connectivity index (χ0) is 25.4. The van der Waals surface area contributed by atoms with Crippen LogP contribution in [0.15, 0.2) is 60.7 Å². The van der Waals surface area contributed by atoms with E-state index in [0.29, 0.717) is 17.4 Å². The average molecular weight is 515 g/mol. The van der Waals surface area contributed by atoms with Gasteiger partial charge >= 0.3 is 6.18 Å². The van der Waals surface area contributed by atoms with Crippen LogP contribution in [0.2, 0.25) is 5.02 Å². The van der Waals surface area contributed by atoms with Gasteiger partial charge in [0.25, 0.3) is 0 Å². The van der Waals surface area contributed by atoms with Crippen molar-refractivity contribution in [3.05, 3.63) is 76.8 Å². The third-order valence-electron chi connectivity index (χ3n) is 8.13. The van der Waals surface area contributed by atoms with Crippen LogP contribution >= 0.6 is 11.6 Å². The van der Waals surface area contributed by atoms with Gasteiger partial charge in [-0.15, -0.1) is 0 Å². The number of amides is 3. The molecule has 0 unspecified atom stereocenters. The number of hydrogen-bond acceptors (Lipinski definition) is 3. The number of hydrogen-bond donors (Lipinski definition) is 1. The Hall–Kier alpha value is -3.13. The lowest BCUT2D eigenvalue weighted by atomic mass is 9.63. The molecule has 0 spiro atoms. The van der Waals surface area contributed by atoms with Crippen molar-refractivity contribution < 1.29 is 27.6 Å². The summed E-state index contributed by atoms with van der Waals surface area (Å²) in [5.41, 5.74) is -0.482. The quantitative estimate of drug-likeness (QED) is 0.453. The Morgan fingerprint density at radius 1 is 1.00 bits per heavy atom. The van der Waals surface area contributed by atoms with E-state index < -0.39 is 35.5 Å². The number of anilines is 1. The number of imide groups is 1. The second-order valence-electron chi connectivity index (χ2n) is 10.1. The molecule has 5 nitrogen and oxygen atoms in total. The summed E-state index contributed by atoms with van der Waals surface area (Å²) in [6.07, 6.45) is 0.511. The van der Waals surface area contributed by atoms with Gasteiger partial charge in [0.1, 0.15) is 6.04 Å². The second kappa shape index (κ2) is 8.20. The van der Waals surface area contributed by atoms with Crippen molar-refractivity contribution in [1.29, 1.82) is 0 Å². The summed E-state index contributed by atoms with van der Waals surface area (Å²) in [6, 6.07) is 10.3. The van der Waals surface area contributed by atoms with E-state index >= 15 is 0 Å². The largest absolute Gasteiger partial charge is 0.416 e. The maximum absolute atomic E-state index is 13.7. The fourth-order valence-electron chi connectivity index (χ4n) is 6.44. The van der Waals surface area contributed by atoms with E-state index in [-0.39, 0.29) is 40.8 Å². The summed E-state index contributed by atoms with van der Waals surface area (Å²) in [5.74, 6) is -1.69. The van der Waals surface area contributed by atoms with Crippen molar-refractivity contribution in [2.24, 2.45) is 35.5 Å². The first-order valence-corrected chi connectivity index (χ1v) is 12.3. The highest BCUT2D eigenvalue weighted by atomic mass is 35.5. The first-order chi connectivity index (χ1) is 17.1. The first-order valence-electron chi connectivity index (χ1n) is 11.9. The molecule has 1 aliphatic heterocycles. The van der Waals surface area contributed by atoms with E-state index in [9.17, 15) is 27.6 Å². The minimum atomic E-state index is -4.63. The molecule has 1 heterocycles. The number of carbonyl (C=O) groups is 3. The molecule has 5 aliphatic rings. The highest BCUT2D eigenvalue weighted by Crippen LogP contribution is 2.65. The van der Waals surface area contributed by atoms with Crippen LogP contribution in [-0.4, -0.2) is 28.7 Å². The van der Waals surface area contributed by atoms with Gasteiger partial charge in [0.2, 0.25) is 17.7 Å². The van der Waals surface area contributed by atoms with Crippen LogP contribution in [0.4, 0.5) is 18.9 Å². The van der Waals surface area contributed by atoms with Gasteiger partial charge < -0.3 is 5.32 Å². The predicted octanol–water partition coefficient (Wildman–Crippen LogP) is 4.96. The Kier molecular flexibility index (Phi) is 5.30. The predicted molar refractivity (Wildman–Crippen MR) is 126 cm³/mol. The number of halogens is 4. The van der Waals surface area contributed by atoms with Crippen molar-refractivity contribution >= 4 is 35.0 Å². The zero-order valence-electron chi connectivity index (χ0n) is 18.9. The Balaban J connectivity index is 1.34. The maximum atomic E-state index is 13.7. The van der Waals surface area contributed by atoms with E-state index in [4.69, 9.17) is 11.6 Å². The maximum Gasteiger partial charge on any atom is 0.416 e. The molecule has 1 saturated heterocycles. The topological polar surface area (TPSA) is 66.5 Å². The molecule has 3 amide bonds. The number of rotatable bonds is 5. The van der Waals surface area contributed by atoms with Gasteiger partial charge in [0.05, 0.1) is 28.1 Å². The summed E-state index contributed by atoms with van der Waals surface area (Å²) in [7, 11) is 0. The molecule has 9 heteroatoms. The highest BCUT2D eigenvalue weighted by Gasteiger charge is 2.67. The van der Waals surface area contributed by atoms with Gasteiger partial charge in [-0.05, 0) is 53.9 Å². The SMILES string of the molecule is O=C(Nc1cc(C(F)(F)F)ccc1Cl)[C@@H](Cc1ccccc1)N1C(=O)[C@H]2[C@@H]3C=C[C@H]([C@@H]4C[C@H]34)[C@@H]2C1=O. The monoisotopic (exact) mass is 514 g/mol. The molecule has 0 aromatic heterocycles. The lowest BCUT2D eigenvalue weighted by Gasteiger charge is -2.37. The van der Waals surface area contributed by atoms with Gasteiger partial charge in [0, 0.05) is 6.42 Å². The van der Waals surface area contributed by atoms with Gasteiger partial charge in [-0.3, -0.25) is 19.3 Å². The number of benzene rings is 2. The molecular formula is C27H22ClF3N2O3. The Morgan fingerprint density at radius 2 is 1.61 bits per heavy atom. The van der Waals surface area contributed by atoms with Gasteiger partial charge in [-0.2, -0.15) is 13.2 Å². The van der Waals surface area contributed by atoms with Crippen molar-refractivity contribution in [2.75, 3.05) is 5.32 Å². The molecule has 2 bridgehead atoms. The molecule has 4 aliphatic carbocycles. The van der Waals surface area contributed by atoms with E-state index in [1.54, 1.807) is 30.3 Å². The summed E-state index contributed by atoms with van der Waals surface area (Å²) in [6.45, 7) is 0. The number of likely N-dealkylation sites (tertiary alicyclic amines) is 1. The number of alkyl halides is 3. The molecule has 7 rings (SSSR count). The molecule has 3 fully saturated rings. The van der Waals surface area contributed by atoms with E-state index in [1.807, 2.05) is 12.2 Å². The van der Waals surface area contributed by atoms with Crippen LogP contribution in [0.3, 0.4) is 0 Å². The van der Waals surface area contributed by atoms with Crippen LogP contribution in [0, 0.1) is 35.5 Å². The van der Waals surface area contributed by atoms with Crippen LogP contribution in [0.1, 0.15) is 17.5 Å². The smallest absolute Gasteiger partial charge is 0.323 e. The zero-order valence-corrected chi connectivity index (χ0v) is 19.7. The van der Waals surface area contributed by atoms with Crippen LogP contribution in [0.5, 0.6) is 0 Å². The minimum Gasteiger partial charge on any atom is -0.323 e. The summed E-state index contributed by atoms with van der Waals surface area (Å²) >= 11 is 6.10. The van der Waals surface area contributed by atoms with E-state index in [2.05, 4.69) is 5.32 Å². The highest BCUT2D eigenvalue weighted by molar-refractivity contribution is 6.33. The molecule has 2 aromatic rings. The van der Waals surface area contributed by atoms with Crippen LogP contribution in [0.25, 0.3) is 0 Å². The minimum absolute atomic E-state index is 0.00945. The number of allylic oxidation sites excluding steroid dienone is 2. The third kappa shape index (κ3) is 3.65. The van der Waals surface area contributed by atoms with Crippen LogP contribution in [-0.2, 0) is 27.0 Å². The van der Waals surface area contributed by atoms with Gasteiger partial charge in [-0.1, -0.05) is 54.1 Å².